The lowest BCUT2D eigenvalue weighted by Gasteiger charge is -2.47. The highest BCUT2D eigenvalue weighted by Gasteiger charge is 2.38. The predicted octanol–water partition coefficient (Wildman–Crippen LogP) is 3.12. The first-order valence-electron chi connectivity index (χ1n) is 6.56. The molecule has 0 spiro atoms. The molecule has 1 saturated carbocycles. The molecule has 3 nitrogen and oxygen atoms in total. The monoisotopic (exact) mass is 359 g/mol. The fourth-order valence-electron chi connectivity index (χ4n) is 2.50. The van der Waals surface area contributed by atoms with E-state index >= 15 is 0 Å². The van der Waals surface area contributed by atoms with Crippen molar-refractivity contribution in [3.63, 3.8) is 0 Å². The van der Waals surface area contributed by atoms with Crippen molar-refractivity contribution in [3.05, 3.63) is 28.0 Å². The minimum absolute atomic E-state index is 0.140. The number of thiocarbonyl (C=S) groups is 1. The fourth-order valence-corrected chi connectivity index (χ4v) is 3.36. The molecule has 1 aliphatic carbocycles. The molecular formula is C14H19BrFN3S. The number of rotatable bonds is 5. The number of anilines is 1. The van der Waals surface area contributed by atoms with Crippen LogP contribution in [0.2, 0.25) is 0 Å². The van der Waals surface area contributed by atoms with Crippen LogP contribution in [0.15, 0.2) is 16.6 Å². The van der Waals surface area contributed by atoms with Gasteiger partial charge >= 0.3 is 0 Å². The largest absolute Gasteiger partial charge is 0.389 e. The summed E-state index contributed by atoms with van der Waals surface area (Å²) >= 11 is 8.11. The number of halogens is 2. The van der Waals surface area contributed by atoms with E-state index in [-0.39, 0.29) is 16.3 Å². The third-order valence-corrected chi connectivity index (χ3v) is 5.18. The van der Waals surface area contributed by atoms with Gasteiger partial charge in [-0.05, 0) is 61.4 Å². The second-order valence-corrected chi connectivity index (χ2v) is 6.71. The van der Waals surface area contributed by atoms with Crippen LogP contribution in [-0.4, -0.2) is 36.1 Å². The molecule has 0 saturated heterocycles. The van der Waals surface area contributed by atoms with Crippen LogP contribution in [0.5, 0.6) is 0 Å². The third kappa shape index (κ3) is 2.82. The van der Waals surface area contributed by atoms with Crippen molar-refractivity contribution < 1.29 is 4.39 Å². The van der Waals surface area contributed by atoms with Crippen molar-refractivity contribution in [2.45, 2.75) is 24.8 Å². The Morgan fingerprint density at radius 1 is 1.50 bits per heavy atom. The van der Waals surface area contributed by atoms with E-state index in [9.17, 15) is 4.39 Å². The number of nitrogens with zero attached hydrogens (tertiary/aromatic N) is 1. The minimum atomic E-state index is -0.344. The molecule has 1 fully saturated rings. The molecule has 1 aromatic rings. The zero-order valence-electron chi connectivity index (χ0n) is 11.7. The van der Waals surface area contributed by atoms with E-state index in [2.05, 4.69) is 40.2 Å². The van der Waals surface area contributed by atoms with E-state index in [1.165, 1.54) is 6.42 Å². The summed E-state index contributed by atoms with van der Waals surface area (Å²) in [5, 5.41) is 3.21. The molecule has 0 unspecified atom stereocenters. The molecular weight excluding hydrogens is 341 g/mol. The van der Waals surface area contributed by atoms with Gasteiger partial charge in [0.05, 0.1) is 10.2 Å². The van der Waals surface area contributed by atoms with Crippen molar-refractivity contribution in [1.82, 2.24) is 4.90 Å². The number of likely N-dealkylation sites (N-methyl/N-ethyl adjacent to an activating group) is 1. The Balaban J connectivity index is 2.15. The topological polar surface area (TPSA) is 41.3 Å². The molecule has 0 aliphatic heterocycles. The molecule has 20 heavy (non-hydrogen) atoms. The van der Waals surface area contributed by atoms with Crippen LogP contribution in [0.1, 0.15) is 24.8 Å². The van der Waals surface area contributed by atoms with Crippen LogP contribution < -0.4 is 11.1 Å². The molecule has 0 amide bonds. The van der Waals surface area contributed by atoms with Crippen LogP contribution in [0.25, 0.3) is 0 Å². The van der Waals surface area contributed by atoms with Crippen molar-refractivity contribution in [2.75, 3.05) is 26.0 Å². The number of benzene rings is 1. The Morgan fingerprint density at radius 2 is 2.15 bits per heavy atom. The van der Waals surface area contributed by atoms with Crippen molar-refractivity contribution >= 4 is 38.8 Å². The summed E-state index contributed by atoms with van der Waals surface area (Å²) in [4.78, 5) is 2.41. The molecule has 1 aromatic carbocycles. The molecule has 0 radical (unpaired) electrons. The number of nitrogens with two attached hydrogens (primary N) is 1. The van der Waals surface area contributed by atoms with Gasteiger partial charge in [-0.1, -0.05) is 12.2 Å². The van der Waals surface area contributed by atoms with E-state index in [0.29, 0.717) is 15.7 Å². The van der Waals surface area contributed by atoms with Gasteiger partial charge in [0.2, 0.25) is 0 Å². The summed E-state index contributed by atoms with van der Waals surface area (Å²) in [7, 11) is 4.14. The summed E-state index contributed by atoms with van der Waals surface area (Å²) in [6.45, 7) is 0.732. The highest BCUT2D eigenvalue weighted by Crippen LogP contribution is 2.37. The van der Waals surface area contributed by atoms with Crippen LogP contribution >= 0.6 is 28.1 Å². The van der Waals surface area contributed by atoms with Crippen LogP contribution in [0.3, 0.4) is 0 Å². The minimum Gasteiger partial charge on any atom is -0.389 e. The lowest BCUT2D eigenvalue weighted by molar-refractivity contribution is 0.0738. The van der Waals surface area contributed by atoms with Crippen LogP contribution in [0.4, 0.5) is 10.1 Å². The lowest BCUT2D eigenvalue weighted by atomic mass is 9.75. The molecule has 0 atom stereocenters. The first kappa shape index (κ1) is 15.7. The van der Waals surface area contributed by atoms with Gasteiger partial charge in [0.15, 0.2) is 5.82 Å². The van der Waals surface area contributed by atoms with Gasteiger partial charge in [0, 0.05) is 17.6 Å². The number of nitrogens with one attached hydrogen (secondary N) is 1. The summed E-state index contributed by atoms with van der Waals surface area (Å²) in [5.74, 6) is -0.344. The molecule has 1 aliphatic rings. The zero-order valence-corrected chi connectivity index (χ0v) is 14.1. The summed E-state index contributed by atoms with van der Waals surface area (Å²) in [5.41, 5.74) is 6.69. The standard InChI is InChI=1S/C14H19BrFN3S/c1-19(2)14(6-3-7-14)8-18-10-5-4-9(13(17)20)11(15)12(10)16/h4-5,18H,3,6-8H2,1-2H3,(H2,17,20). The molecule has 2 rings (SSSR count). The summed E-state index contributed by atoms with van der Waals surface area (Å²) < 4.78 is 14.6. The first-order chi connectivity index (χ1) is 9.37. The smallest absolute Gasteiger partial charge is 0.161 e. The van der Waals surface area contributed by atoms with Gasteiger partial charge < -0.3 is 16.0 Å². The van der Waals surface area contributed by atoms with Gasteiger partial charge in [-0.25, -0.2) is 4.39 Å². The SMILES string of the molecule is CN(C)C1(CNc2ccc(C(N)=S)c(Br)c2F)CCC1. The third-order valence-electron chi connectivity index (χ3n) is 4.19. The lowest BCUT2D eigenvalue weighted by Crippen LogP contribution is -2.54. The molecule has 0 heterocycles. The van der Waals surface area contributed by atoms with Crippen LogP contribution in [0, 0.1) is 5.82 Å². The molecule has 0 bridgehead atoms. The maximum atomic E-state index is 14.3. The maximum Gasteiger partial charge on any atom is 0.161 e. The van der Waals surface area contributed by atoms with E-state index in [0.717, 1.165) is 19.4 Å². The Hall–Kier alpha value is -0.720. The molecule has 3 N–H and O–H groups in total. The summed E-state index contributed by atoms with van der Waals surface area (Å²) in [6, 6.07) is 3.43. The fraction of sp³-hybridized carbons (Fsp3) is 0.500. The van der Waals surface area contributed by atoms with Crippen LogP contribution in [-0.2, 0) is 0 Å². The van der Waals surface area contributed by atoms with E-state index < -0.39 is 0 Å². The van der Waals surface area contributed by atoms with E-state index in [1.807, 2.05) is 0 Å². The Morgan fingerprint density at radius 3 is 2.60 bits per heavy atom. The van der Waals surface area contributed by atoms with E-state index in [1.54, 1.807) is 12.1 Å². The maximum absolute atomic E-state index is 14.3. The van der Waals surface area contributed by atoms with Gasteiger partial charge in [-0.15, -0.1) is 0 Å². The van der Waals surface area contributed by atoms with Crippen molar-refractivity contribution in [2.24, 2.45) is 5.73 Å². The van der Waals surface area contributed by atoms with Gasteiger partial charge in [-0.3, -0.25) is 0 Å². The summed E-state index contributed by atoms with van der Waals surface area (Å²) in [6.07, 6.45) is 3.51. The highest BCUT2D eigenvalue weighted by atomic mass is 79.9. The van der Waals surface area contributed by atoms with Crippen molar-refractivity contribution in [3.8, 4) is 0 Å². The quantitative estimate of drug-likeness (QED) is 0.792. The number of hydrogen-bond donors (Lipinski definition) is 2. The Bertz CT molecular complexity index is 529. The average molecular weight is 360 g/mol. The number of hydrogen-bond acceptors (Lipinski definition) is 3. The second-order valence-electron chi connectivity index (χ2n) is 5.48. The Kier molecular flexibility index (Phi) is 4.66. The predicted molar refractivity (Wildman–Crippen MR) is 88.7 cm³/mol. The van der Waals surface area contributed by atoms with Crippen molar-refractivity contribution in [1.29, 1.82) is 0 Å². The molecule has 0 aromatic heterocycles. The molecule has 6 heteroatoms. The van der Waals surface area contributed by atoms with Gasteiger partial charge in [0.25, 0.3) is 0 Å². The highest BCUT2D eigenvalue weighted by molar-refractivity contribution is 9.10. The average Bonchev–Trinajstić information content (AvgIpc) is 2.32. The Labute approximate surface area is 132 Å². The first-order valence-corrected chi connectivity index (χ1v) is 7.76. The second kappa shape index (κ2) is 5.95. The van der Waals surface area contributed by atoms with E-state index in [4.69, 9.17) is 18.0 Å². The zero-order chi connectivity index (χ0) is 14.9. The normalized spacial score (nSPS) is 16.9. The van der Waals surface area contributed by atoms with Gasteiger partial charge in [-0.2, -0.15) is 0 Å². The molecule has 110 valence electrons. The van der Waals surface area contributed by atoms with Gasteiger partial charge in [0.1, 0.15) is 4.99 Å².